The van der Waals surface area contributed by atoms with E-state index in [2.05, 4.69) is 35.2 Å². The van der Waals surface area contributed by atoms with E-state index in [0.717, 1.165) is 51.6 Å². The Morgan fingerprint density at radius 3 is 2.86 bits per heavy atom. The minimum absolute atomic E-state index is 0.538. The average Bonchev–Trinajstić information content (AvgIpc) is 2.52. The largest absolute Gasteiger partial charge is 0.383 e. The van der Waals surface area contributed by atoms with Crippen molar-refractivity contribution in [2.75, 3.05) is 45.4 Å². The van der Waals surface area contributed by atoms with Crippen LogP contribution in [0.15, 0.2) is 12.3 Å². The van der Waals surface area contributed by atoms with Crippen molar-refractivity contribution in [1.82, 2.24) is 10.3 Å². The fourth-order valence-electron chi connectivity index (χ4n) is 2.74. The zero-order valence-corrected chi connectivity index (χ0v) is 13.4. The number of pyridine rings is 1. The Morgan fingerprint density at radius 2 is 2.19 bits per heavy atom. The van der Waals surface area contributed by atoms with Gasteiger partial charge in [0.05, 0.1) is 6.61 Å². The summed E-state index contributed by atoms with van der Waals surface area (Å²) in [6.45, 7) is 6.27. The zero-order chi connectivity index (χ0) is 15.1. The first kappa shape index (κ1) is 16.2. The Labute approximate surface area is 127 Å². The molecule has 2 rings (SSSR count). The van der Waals surface area contributed by atoms with Crippen LogP contribution < -0.4 is 10.2 Å². The van der Waals surface area contributed by atoms with E-state index in [1.54, 1.807) is 7.11 Å². The summed E-state index contributed by atoms with van der Waals surface area (Å²) in [5.74, 6) is 1.09. The maximum atomic E-state index is 5.43. The molecular weight excluding hydrogens is 266 g/mol. The molecule has 1 fully saturated rings. The Hall–Kier alpha value is -1.17. The van der Waals surface area contributed by atoms with E-state index in [9.17, 15) is 0 Å². The third kappa shape index (κ3) is 4.66. The molecule has 0 aliphatic carbocycles. The quantitative estimate of drug-likeness (QED) is 0.776. The van der Waals surface area contributed by atoms with Crippen molar-refractivity contribution < 1.29 is 9.47 Å². The molecule has 0 amide bonds. The van der Waals surface area contributed by atoms with E-state index in [4.69, 9.17) is 9.47 Å². The highest BCUT2D eigenvalue weighted by molar-refractivity contribution is 5.47. The molecule has 1 aliphatic rings. The van der Waals surface area contributed by atoms with Gasteiger partial charge in [0, 0.05) is 52.7 Å². The van der Waals surface area contributed by atoms with Gasteiger partial charge in [0.15, 0.2) is 0 Å². The van der Waals surface area contributed by atoms with Gasteiger partial charge in [-0.25, -0.2) is 4.98 Å². The fraction of sp³-hybridized carbons (Fsp3) is 0.688. The molecule has 1 aromatic rings. The van der Waals surface area contributed by atoms with Gasteiger partial charge in [-0.05, 0) is 37.0 Å². The van der Waals surface area contributed by atoms with Crippen LogP contribution in [0.2, 0.25) is 0 Å². The molecule has 118 valence electrons. The second-order valence-electron chi connectivity index (χ2n) is 5.61. The summed E-state index contributed by atoms with van der Waals surface area (Å²) in [5.41, 5.74) is 2.45. The SMILES string of the molecule is COCCNCc1cnc(N(C)C2CCOCC2)c(C)c1. The van der Waals surface area contributed by atoms with Gasteiger partial charge in [0.2, 0.25) is 0 Å². The lowest BCUT2D eigenvalue weighted by atomic mass is 10.1. The van der Waals surface area contributed by atoms with Gasteiger partial charge in [-0.1, -0.05) is 0 Å². The molecule has 1 N–H and O–H groups in total. The number of hydrogen-bond donors (Lipinski definition) is 1. The maximum absolute atomic E-state index is 5.43. The van der Waals surface area contributed by atoms with E-state index in [-0.39, 0.29) is 0 Å². The standard InChI is InChI=1S/C16H27N3O2/c1-13-10-14(11-17-6-9-20-3)12-18-16(13)19(2)15-4-7-21-8-5-15/h10,12,15,17H,4-9,11H2,1-3H3. The first-order chi connectivity index (χ1) is 10.2. The number of nitrogens with one attached hydrogen (secondary N) is 1. The third-order valence-electron chi connectivity index (χ3n) is 3.99. The van der Waals surface area contributed by atoms with Crippen molar-refractivity contribution in [2.24, 2.45) is 0 Å². The Kier molecular flexibility index (Phi) is 6.42. The number of anilines is 1. The van der Waals surface area contributed by atoms with Gasteiger partial charge in [0.25, 0.3) is 0 Å². The molecule has 5 heteroatoms. The lowest BCUT2D eigenvalue weighted by molar-refractivity contribution is 0.0853. The predicted molar refractivity (Wildman–Crippen MR) is 84.8 cm³/mol. The Morgan fingerprint density at radius 1 is 1.43 bits per heavy atom. The van der Waals surface area contributed by atoms with Crippen LogP contribution in [0.25, 0.3) is 0 Å². The van der Waals surface area contributed by atoms with Gasteiger partial charge in [-0.3, -0.25) is 0 Å². The number of aryl methyl sites for hydroxylation is 1. The molecule has 0 aromatic carbocycles. The first-order valence-electron chi connectivity index (χ1n) is 7.68. The van der Waals surface area contributed by atoms with Crippen LogP contribution in [0.4, 0.5) is 5.82 Å². The molecule has 0 saturated carbocycles. The Bertz CT molecular complexity index is 434. The summed E-state index contributed by atoms with van der Waals surface area (Å²) in [7, 11) is 3.86. The molecule has 21 heavy (non-hydrogen) atoms. The Balaban J connectivity index is 1.94. The summed E-state index contributed by atoms with van der Waals surface area (Å²) in [4.78, 5) is 6.97. The lowest BCUT2D eigenvalue weighted by Crippen LogP contribution is -2.37. The van der Waals surface area contributed by atoms with E-state index >= 15 is 0 Å². The highest BCUT2D eigenvalue weighted by Crippen LogP contribution is 2.23. The fourth-order valence-corrected chi connectivity index (χ4v) is 2.74. The van der Waals surface area contributed by atoms with Crippen LogP contribution in [0.5, 0.6) is 0 Å². The smallest absolute Gasteiger partial charge is 0.131 e. The van der Waals surface area contributed by atoms with E-state index in [1.165, 1.54) is 11.1 Å². The van der Waals surface area contributed by atoms with Gasteiger partial charge >= 0.3 is 0 Å². The van der Waals surface area contributed by atoms with E-state index < -0.39 is 0 Å². The summed E-state index contributed by atoms with van der Waals surface area (Å²) in [6.07, 6.45) is 4.13. The molecule has 0 bridgehead atoms. The zero-order valence-electron chi connectivity index (χ0n) is 13.4. The van der Waals surface area contributed by atoms with Crippen LogP contribution >= 0.6 is 0 Å². The molecule has 1 aromatic heterocycles. The van der Waals surface area contributed by atoms with Crippen molar-refractivity contribution in [2.45, 2.75) is 32.4 Å². The first-order valence-corrected chi connectivity index (χ1v) is 7.68. The summed E-state index contributed by atoms with van der Waals surface area (Å²) in [6, 6.07) is 2.76. The number of nitrogens with zero attached hydrogens (tertiary/aromatic N) is 2. The van der Waals surface area contributed by atoms with Crippen LogP contribution in [-0.2, 0) is 16.0 Å². The normalized spacial score (nSPS) is 16.1. The second kappa shape index (κ2) is 8.32. The molecule has 0 spiro atoms. The summed E-state index contributed by atoms with van der Waals surface area (Å²) >= 11 is 0. The molecule has 1 saturated heterocycles. The van der Waals surface area contributed by atoms with Gasteiger partial charge in [0.1, 0.15) is 5.82 Å². The van der Waals surface area contributed by atoms with E-state index in [1.807, 2.05) is 6.20 Å². The van der Waals surface area contributed by atoms with Crippen molar-refractivity contribution in [3.05, 3.63) is 23.4 Å². The van der Waals surface area contributed by atoms with Crippen molar-refractivity contribution >= 4 is 5.82 Å². The minimum atomic E-state index is 0.538. The molecular formula is C16H27N3O2. The molecule has 0 unspecified atom stereocenters. The lowest BCUT2D eigenvalue weighted by Gasteiger charge is -2.33. The van der Waals surface area contributed by atoms with E-state index in [0.29, 0.717) is 6.04 Å². The number of rotatable bonds is 7. The topological polar surface area (TPSA) is 46.6 Å². The molecule has 0 radical (unpaired) electrons. The highest BCUT2D eigenvalue weighted by atomic mass is 16.5. The van der Waals surface area contributed by atoms with Crippen LogP contribution in [0.3, 0.4) is 0 Å². The summed E-state index contributed by atoms with van der Waals surface area (Å²) < 4.78 is 10.5. The van der Waals surface area contributed by atoms with Gasteiger partial charge in [-0.2, -0.15) is 0 Å². The number of aromatic nitrogens is 1. The second-order valence-corrected chi connectivity index (χ2v) is 5.61. The third-order valence-corrected chi connectivity index (χ3v) is 3.99. The van der Waals surface area contributed by atoms with Crippen LogP contribution in [-0.4, -0.2) is 51.5 Å². The van der Waals surface area contributed by atoms with Crippen molar-refractivity contribution in [3.8, 4) is 0 Å². The summed E-state index contributed by atoms with van der Waals surface area (Å²) in [5, 5.41) is 3.35. The molecule has 0 atom stereocenters. The molecule has 5 nitrogen and oxygen atoms in total. The number of methoxy groups -OCH3 is 1. The van der Waals surface area contributed by atoms with Crippen molar-refractivity contribution in [3.63, 3.8) is 0 Å². The van der Waals surface area contributed by atoms with Crippen LogP contribution in [0, 0.1) is 6.92 Å². The number of hydrogen-bond acceptors (Lipinski definition) is 5. The minimum Gasteiger partial charge on any atom is -0.383 e. The number of ether oxygens (including phenoxy) is 2. The monoisotopic (exact) mass is 293 g/mol. The average molecular weight is 293 g/mol. The van der Waals surface area contributed by atoms with Gasteiger partial charge in [-0.15, -0.1) is 0 Å². The van der Waals surface area contributed by atoms with Crippen molar-refractivity contribution in [1.29, 1.82) is 0 Å². The van der Waals surface area contributed by atoms with Gasteiger partial charge < -0.3 is 19.7 Å². The van der Waals surface area contributed by atoms with Crippen LogP contribution in [0.1, 0.15) is 24.0 Å². The molecule has 2 heterocycles. The maximum Gasteiger partial charge on any atom is 0.131 e. The highest BCUT2D eigenvalue weighted by Gasteiger charge is 2.20. The molecule has 1 aliphatic heterocycles. The predicted octanol–water partition coefficient (Wildman–Crippen LogP) is 1.74.